The number of hydrogen-bond donors (Lipinski definition) is 2. The van der Waals surface area contributed by atoms with E-state index < -0.39 is 0 Å². The topological polar surface area (TPSA) is 63.8 Å². The molecule has 0 saturated carbocycles. The summed E-state index contributed by atoms with van der Waals surface area (Å²) >= 11 is 0. The van der Waals surface area contributed by atoms with E-state index in [0.717, 1.165) is 23.6 Å². The Hall–Kier alpha value is -2.10. The van der Waals surface area contributed by atoms with E-state index in [4.69, 9.17) is 5.73 Å². The second-order valence-electron chi connectivity index (χ2n) is 3.20. The molecule has 0 aliphatic rings. The summed E-state index contributed by atoms with van der Waals surface area (Å²) in [5.74, 6) is 0.773. The van der Waals surface area contributed by atoms with Gasteiger partial charge in [-0.2, -0.15) is 5.10 Å². The molecule has 4 heteroatoms. The summed E-state index contributed by atoms with van der Waals surface area (Å²) in [4.78, 5) is 0. The van der Waals surface area contributed by atoms with Crippen LogP contribution in [0, 0.1) is 0 Å². The molecule has 0 unspecified atom stereocenters. The highest BCUT2D eigenvalue weighted by Crippen LogP contribution is 2.07. The molecule has 1 aromatic carbocycles. The van der Waals surface area contributed by atoms with Crippen molar-refractivity contribution in [2.24, 2.45) is 0 Å². The summed E-state index contributed by atoms with van der Waals surface area (Å²) in [7, 11) is 0. The van der Waals surface area contributed by atoms with Crippen LogP contribution in [0.5, 0.6) is 0 Å². The van der Waals surface area contributed by atoms with Crippen molar-refractivity contribution in [1.29, 1.82) is 0 Å². The first-order chi connectivity index (χ1) is 7.34. The molecule has 2 aromatic rings. The minimum atomic E-state index is 0.721. The number of nitrogens with two attached hydrogens (primary N) is 1. The number of benzene rings is 1. The Kier molecular flexibility index (Phi) is 2.78. The Bertz CT molecular complexity index is 410. The number of nitrogen functional groups attached to an aromatic ring is 1. The maximum atomic E-state index is 5.59. The smallest absolute Gasteiger partial charge is 0.148 e. The van der Waals surface area contributed by atoms with Crippen molar-refractivity contribution < 1.29 is 0 Å². The van der Waals surface area contributed by atoms with Crippen molar-refractivity contribution in [3.63, 3.8) is 0 Å². The number of nitrogens with zero attached hydrogens (tertiary/aromatic N) is 2. The average molecular weight is 200 g/mol. The zero-order valence-electron chi connectivity index (χ0n) is 8.22. The van der Waals surface area contributed by atoms with Crippen molar-refractivity contribution in [2.45, 2.75) is 6.54 Å². The first kappa shape index (κ1) is 9.45. The SMILES string of the molecule is Nc1ccc(CNc2cccnn2)cc1. The molecule has 0 aliphatic carbocycles. The minimum absolute atomic E-state index is 0.721. The molecular weight excluding hydrogens is 188 g/mol. The molecule has 1 aromatic heterocycles. The summed E-state index contributed by atoms with van der Waals surface area (Å²) in [6.45, 7) is 0.721. The monoisotopic (exact) mass is 200 g/mol. The zero-order chi connectivity index (χ0) is 10.5. The van der Waals surface area contributed by atoms with E-state index in [0.29, 0.717) is 0 Å². The van der Waals surface area contributed by atoms with E-state index in [2.05, 4.69) is 15.5 Å². The molecule has 1 heterocycles. The van der Waals surface area contributed by atoms with Gasteiger partial charge in [0.25, 0.3) is 0 Å². The van der Waals surface area contributed by atoms with Crippen LogP contribution in [-0.4, -0.2) is 10.2 Å². The highest BCUT2D eigenvalue weighted by atomic mass is 15.2. The standard InChI is InChI=1S/C11H12N4/c12-10-5-3-9(4-6-10)8-13-11-2-1-7-14-15-11/h1-7H,8,12H2,(H,13,15). The molecule has 2 rings (SSSR count). The van der Waals surface area contributed by atoms with Gasteiger partial charge in [-0.1, -0.05) is 12.1 Å². The van der Waals surface area contributed by atoms with Gasteiger partial charge in [-0.15, -0.1) is 5.10 Å². The van der Waals surface area contributed by atoms with Gasteiger partial charge in [-0.05, 0) is 29.8 Å². The van der Waals surface area contributed by atoms with E-state index in [1.807, 2.05) is 36.4 Å². The molecule has 0 atom stereocenters. The fourth-order valence-corrected chi connectivity index (χ4v) is 1.22. The maximum Gasteiger partial charge on any atom is 0.148 e. The number of anilines is 2. The van der Waals surface area contributed by atoms with Crippen molar-refractivity contribution in [3.05, 3.63) is 48.2 Å². The summed E-state index contributed by atoms with van der Waals surface area (Å²) in [6.07, 6.45) is 1.65. The summed E-state index contributed by atoms with van der Waals surface area (Å²) < 4.78 is 0. The van der Waals surface area contributed by atoms with Crippen LogP contribution < -0.4 is 11.1 Å². The molecule has 0 saturated heterocycles. The van der Waals surface area contributed by atoms with Crippen molar-refractivity contribution in [3.8, 4) is 0 Å². The van der Waals surface area contributed by atoms with Crippen LogP contribution in [-0.2, 0) is 6.54 Å². The van der Waals surface area contributed by atoms with Gasteiger partial charge in [0, 0.05) is 18.4 Å². The Balaban J connectivity index is 1.96. The Labute approximate surface area is 88.2 Å². The van der Waals surface area contributed by atoms with Crippen molar-refractivity contribution in [2.75, 3.05) is 11.1 Å². The quantitative estimate of drug-likeness (QED) is 0.740. The lowest BCUT2D eigenvalue weighted by Crippen LogP contribution is -2.01. The Morgan fingerprint density at radius 1 is 1.13 bits per heavy atom. The summed E-state index contributed by atoms with van der Waals surface area (Å²) in [6, 6.07) is 11.5. The minimum Gasteiger partial charge on any atom is -0.399 e. The normalized spacial score (nSPS) is 9.87. The lowest BCUT2D eigenvalue weighted by atomic mass is 10.2. The van der Waals surface area contributed by atoms with Gasteiger partial charge in [-0.25, -0.2) is 0 Å². The molecule has 4 nitrogen and oxygen atoms in total. The highest BCUT2D eigenvalue weighted by molar-refractivity contribution is 5.40. The van der Waals surface area contributed by atoms with E-state index in [1.54, 1.807) is 6.20 Å². The van der Waals surface area contributed by atoms with Crippen LogP contribution in [0.25, 0.3) is 0 Å². The molecule has 0 spiro atoms. The zero-order valence-corrected chi connectivity index (χ0v) is 8.22. The highest BCUT2D eigenvalue weighted by Gasteiger charge is 1.94. The predicted octanol–water partition coefficient (Wildman–Crippen LogP) is 1.67. The van der Waals surface area contributed by atoms with Gasteiger partial charge in [-0.3, -0.25) is 0 Å². The van der Waals surface area contributed by atoms with Crippen molar-refractivity contribution >= 4 is 11.5 Å². The van der Waals surface area contributed by atoms with Gasteiger partial charge in [0.1, 0.15) is 5.82 Å². The van der Waals surface area contributed by atoms with Gasteiger partial charge in [0.05, 0.1) is 0 Å². The van der Waals surface area contributed by atoms with Crippen LogP contribution in [0.3, 0.4) is 0 Å². The van der Waals surface area contributed by atoms with Crippen LogP contribution in [0.15, 0.2) is 42.6 Å². The first-order valence-electron chi connectivity index (χ1n) is 4.70. The summed E-state index contributed by atoms with van der Waals surface area (Å²) in [5.41, 5.74) is 7.53. The van der Waals surface area contributed by atoms with Crippen LogP contribution in [0.1, 0.15) is 5.56 Å². The lowest BCUT2D eigenvalue weighted by molar-refractivity contribution is 1.00. The molecule has 0 radical (unpaired) electrons. The Morgan fingerprint density at radius 3 is 2.60 bits per heavy atom. The molecule has 0 aliphatic heterocycles. The number of rotatable bonds is 3. The molecule has 15 heavy (non-hydrogen) atoms. The number of aromatic nitrogens is 2. The second-order valence-corrected chi connectivity index (χ2v) is 3.20. The lowest BCUT2D eigenvalue weighted by Gasteiger charge is -2.04. The molecule has 0 bridgehead atoms. The second kappa shape index (κ2) is 4.41. The van der Waals surface area contributed by atoms with E-state index in [1.165, 1.54) is 0 Å². The third kappa shape index (κ3) is 2.67. The number of nitrogens with one attached hydrogen (secondary N) is 1. The third-order valence-electron chi connectivity index (χ3n) is 2.03. The van der Waals surface area contributed by atoms with E-state index in [-0.39, 0.29) is 0 Å². The molecular formula is C11H12N4. The third-order valence-corrected chi connectivity index (χ3v) is 2.03. The average Bonchev–Trinajstić information content (AvgIpc) is 2.30. The van der Waals surface area contributed by atoms with Gasteiger partial charge in [0.15, 0.2) is 0 Å². The largest absolute Gasteiger partial charge is 0.399 e. The van der Waals surface area contributed by atoms with Crippen LogP contribution in [0.2, 0.25) is 0 Å². The fraction of sp³-hybridized carbons (Fsp3) is 0.0909. The van der Waals surface area contributed by atoms with Gasteiger partial charge in [0.2, 0.25) is 0 Å². The molecule has 0 fully saturated rings. The Morgan fingerprint density at radius 2 is 1.93 bits per heavy atom. The molecule has 76 valence electrons. The maximum absolute atomic E-state index is 5.59. The predicted molar refractivity (Wildman–Crippen MR) is 60.2 cm³/mol. The van der Waals surface area contributed by atoms with Crippen LogP contribution in [0.4, 0.5) is 11.5 Å². The van der Waals surface area contributed by atoms with E-state index in [9.17, 15) is 0 Å². The molecule has 3 N–H and O–H groups in total. The number of hydrogen-bond acceptors (Lipinski definition) is 4. The van der Waals surface area contributed by atoms with Gasteiger partial charge >= 0.3 is 0 Å². The molecule has 0 amide bonds. The summed E-state index contributed by atoms with van der Waals surface area (Å²) in [5, 5.41) is 10.9. The van der Waals surface area contributed by atoms with Gasteiger partial charge < -0.3 is 11.1 Å². The van der Waals surface area contributed by atoms with Crippen LogP contribution >= 0.6 is 0 Å². The fourth-order valence-electron chi connectivity index (χ4n) is 1.22. The van der Waals surface area contributed by atoms with E-state index >= 15 is 0 Å². The first-order valence-corrected chi connectivity index (χ1v) is 4.70. The van der Waals surface area contributed by atoms with Crippen molar-refractivity contribution in [1.82, 2.24) is 10.2 Å².